The van der Waals surface area contributed by atoms with Gasteiger partial charge in [-0.3, -0.25) is 9.69 Å². The van der Waals surface area contributed by atoms with Crippen molar-refractivity contribution in [1.29, 1.82) is 0 Å². The molecule has 0 bridgehead atoms. The van der Waals surface area contributed by atoms with Gasteiger partial charge in [-0.05, 0) is 44.5 Å². The molecule has 3 rings (SSSR count). The molecule has 1 heterocycles. The van der Waals surface area contributed by atoms with Crippen LogP contribution in [0.4, 0.5) is 5.69 Å². The molecule has 0 spiro atoms. The predicted octanol–water partition coefficient (Wildman–Crippen LogP) is 2.28. The van der Waals surface area contributed by atoms with E-state index in [-0.39, 0.29) is 17.4 Å². The van der Waals surface area contributed by atoms with E-state index < -0.39 is 0 Å². The molecule has 0 aromatic heterocycles. The number of carbonyl (C=O) groups excluding carboxylic acids is 1. The summed E-state index contributed by atoms with van der Waals surface area (Å²) < 4.78 is 0. The van der Waals surface area contributed by atoms with E-state index in [4.69, 9.17) is 5.73 Å². The van der Waals surface area contributed by atoms with Crippen LogP contribution in [0.1, 0.15) is 38.2 Å². The molecule has 2 fully saturated rings. The number of hydrogen-bond acceptors (Lipinski definition) is 4. The normalized spacial score (nSPS) is 28.7. The van der Waals surface area contributed by atoms with Crippen molar-refractivity contribution >= 4 is 11.6 Å². The summed E-state index contributed by atoms with van der Waals surface area (Å²) in [6, 6.07) is 8.25. The summed E-state index contributed by atoms with van der Waals surface area (Å²) in [5.74, 6) is -0.0241. The molecular formula is C20H32N4O. The van der Waals surface area contributed by atoms with Crippen LogP contribution < -0.4 is 11.1 Å². The zero-order valence-electron chi connectivity index (χ0n) is 15.6. The minimum Gasteiger partial charge on any atom is -0.326 e. The van der Waals surface area contributed by atoms with Crippen LogP contribution in [-0.2, 0) is 11.3 Å². The van der Waals surface area contributed by atoms with Crippen molar-refractivity contribution in [1.82, 2.24) is 9.80 Å². The molecule has 138 valence electrons. The second kappa shape index (κ2) is 7.85. The number of nitrogens with two attached hydrogens (primary N) is 1. The lowest BCUT2D eigenvalue weighted by molar-refractivity contribution is -0.122. The Labute approximate surface area is 151 Å². The van der Waals surface area contributed by atoms with Gasteiger partial charge in [-0.2, -0.15) is 0 Å². The summed E-state index contributed by atoms with van der Waals surface area (Å²) in [4.78, 5) is 17.5. The molecule has 2 aliphatic rings. The molecule has 1 aromatic rings. The second-order valence-corrected chi connectivity index (χ2v) is 8.07. The quantitative estimate of drug-likeness (QED) is 0.880. The number of nitrogens with zero attached hydrogens (tertiary/aromatic N) is 2. The Balaban J connectivity index is 1.60. The van der Waals surface area contributed by atoms with Crippen LogP contribution in [0.3, 0.4) is 0 Å². The highest BCUT2D eigenvalue weighted by molar-refractivity contribution is 5.93. The van der Waals surface area contributed by atoms with Crippen LogP contribution in [0.2, 0.25) is 0 Å². The smallest absolute Gasteiger partial charge is 0.229 e. The van der Waals surface area contributed by atoms with E-state index in [9.17, 15) is 4.79 Å². The summed E-state index contributed by atoms with van der Waals surface area (Å²) in [5.41, 5.74) is 8.12. The molecular weight excluding hydrogens is 312 g/mol. The Bertz CT molecular complexity index is 593. The van der Waals surface area contributed by atoms with Gasteiger partial charge in [0.1, 0.15) is 0 Å². The average Bonchev–Trinajstić information content (AvgIpc) is 2.57. The van der Waals surface area contributed by atoms with E-state index in [1.165, 1.54) is 5.56 Å². The third-order valence-electron chi connectivity index (χ3n) is 5.77. The maximum absolute atomic E-state index is 12.7. The third kappa shape index (κ3) is 4.81. The molecule has 1 saturated heterocycles. The largest absolute Gasteiger partial charge is 0.326 e. The van der Waals surface area contributed by atoms with Gasteiger partial charge in [-0.15, -0.1) is 0 Å². The third-order valence-corrected chi connectivity index (χ3v) is 5.77. The molecule has 1 aliphatic carbocycles. The number of hydrogen-bond donors (Lipinski definition) is 2. The van der Waals surface area contributed by atoms with Crippen molar-refractivity contribution < 1.29 is 4.79 Å². The molecule has 1 aromatic carbocycles. The number of nitrogens with one attached hydrogen (secondary N) is 1. The van der Waals surface area contributed by atoms with Crippen LogP contribution in [0.5, 0.6) is 0 Å². The first-order chi connectivity index (χ1) is 11.9. The monoisotopic (exact) mass is 344 g/mol. The van der Waals surface area contributed by atoms with E-state index in [0.29, 0.717) is 0 Å². The van der Waals surface area contributed by atoms with Crippen molar-refractivity contribution in [2.24, 2.45) is 11.7 Å². The Morgan fingerprint density at radius 1 is 1.28 bits per heavy atom. The van der Waals surface area contributed by atoms with Crippen molar-refractivity contribution in [3.8, 4) is 0 Å². The Morgan fingerprint density at radius 3 is 2.76 bits per heavy atom. The van der Waals surface area contributed by atoms with Crippen LogP contribution >= 0.6 is 0 Å². The number of carbonyl (C=O) groups is 1. The topological polar surface area (TPSA) is 61.6 Å². The number of amides is 1. The molecule has 1 amide bonds. The number of benzene rings is 1. The Kier molecular flexibility index (Phi) is 5.77. The Hall–Kier alpha value is -1.43. The Morgan fingerprint density at radius 2 is 2.04 bits per heavy atom. The zero-order chi connectivity index (χ0) is 17.9. The fraction of sp³-hybridized carbons (Fsp3) is 0.650. The predicted molar refractivity (Wildman–Crippen MR) is 102 cm³/mol. The van der Waals surface area contributed by atoms with Crippen LogP contribution in [0, 0.1) is 5.92 Å². The first-order valence-electron chi connectivity index (χ1n) is 9.54. The first kappa shape index (κ1) is 18.4. The average molecular weight is 345 g/mol. The minimum absolute atomic E-state index is 0.0708. The lowest BCUT2D eigenvalue weighted by Crippen LogP contribution is -2.51. The highest BCUT2D eigenvalue weighted by atomic mass is 16.1. The van der Waals surface area contributed by atoms with E-state index in [1.54, 1.807) is 0 Å². The fourth-order valence-electron chi connectivity index (χ4n) is 4.03. The first-order valence-corrected chi connectivity index (χ1v) is 9.54. The van der Waals surface area contributed by atoms with Crippen LogP contribution in [0.15, 0.2) is 24.3 Å². The van der Waals surface area contributed by atoms with Gasteiger partial charge < -0.3 is 16.0 Å². The highest BCUT2D eigenvalue weighted by Crippen LogP contribution is 2.32. The fourth-order valence-corrected chi connectivity index (χ4v) is 4.03. The standard InChI is InChI=1S/C20H32N4O/c1-20(21)9-4-3-8-18(20)19(25)22-17-7-5-6-16(14-17)15-24-12-10-23(2)11-13-24/h5-7,14,18H,3-4,8-13,15,21H2,1-2H3,(H,22,25). The SMILES string of the molecule is CN1CCN(Cc2cccc(NC(=O)C3CCCCC3(C)N)c2)CC1. The van der Waals surface area contributed by atoms with Crippen LogP contribution in [-0.4, -0.2) is 54.5 Å². The number of piperazine rings is 1. The maximum Gasteiger partial charge on any atom is 0.229 e. The van der Waals surface area contributed by atoms with Gasteiger partial charge in [-0.1, -0.05) is 25.0 Å². The molecule has 1 saturated carbocycles. The molecule has 2 atom stereocenters. The highest BCUT2D eigenvalue weighted by Gasteiger charge is 2.37. The van der Waals surface area contributed by atoms with Gasteiger partial charge >= 0.3 is 0 Å². The van der Waals surface area contributed by atoms with Crippen molar-refractivity contribution in [3.63, 3.8) is 0 Å². The summed E-state index contributed by atoms with van der Waals surface area (Å²) in [6.45, 7) is 7.39. The molecule has 5 heteroatoms. The lowest BCUT2D eigenvalue weighted by atomic mass is 9.74. The van der Waals surface area contributed by atoms with Gasteiger partial charge in [0.05, 0.1) is 5.92 Å². The van der Waals surface area contributed by atoms with E-state index in [1.807, 2.05) is 19.1 Å². The van der Waals surface area contributed by atoms with Crippen molar-refractivity contribution in [3.05, 3.63) is 29.8 Å². The number of anilines is 1. The van der Waals surface area contributed by atoms with Crippen molar-refractivity contribution in [2.75, 3.05) is 38.5 Å². The molecule has 5 nitrogen and oxygen atoms in total. The van der Waals surface area contributed by atoms with Crippen molar-refractivity contribution in [2.45, 2.75) is 44.7 Å². The van der Waals surface area contributed by atoms with E-state index in [0.717, 1.165) is 64.1 Å². The molecule has 1 aliphatic heterocycles. The van der Waals surface area contributed by atoms with E-state index >= 15 is 0 Å². The van der Waals surface area contributed by atoms with Gasteiger partial charge in [0.2, 0.25) is 5.91 Å². The lowest BCUT2D eigenvalue weighted by Gasteiger charge is -2.37. The molecule has 2 unspecified atom stereocenters. The van der Waals surface area contributed by atoms with Crippen LogP contribution in [0.25, 0.3) is 0 Å². The van der Waals surface area contributed by atoms with Gasteiger partial charge in [0.25, 0.3) is 0 Å². The maximum atomic E-state index is 12.7. The second-order valence-electron chi connectivity index (χ2n) is 8.07. The molecule has 3 N–H and O–H groups in total. The summed E-state index contributed by atoms with van der Waals surface area (Å²) in [6.07, 6.45) is 4.03. The summed E-state index contributed by atoms with van der Waals surface area (Å²) >= 11 is 0. The minimum atomic E-state index is -0.389. The van der Waals surface area contributed by atoms with Gasteiger partial charge in [-0.25, -0.2) is 0 Å². The summed E-state index contributed by atoms with van der Waals surface area (Å²) in [7, 11) is 2.17. The summed E-state index contributed by atoms with van der Waals surface area (Å²) in [5, 5.41) is 3.11. The van der Waals surface area contributed by atoms with E-state index in [2.05, 4.69) is 34.3 Å². The number of rotatable bonds is 4. The molecule has 0 radical (unpaired) electrons. The zero-order valence-corrected chi connectivity index (χ0v) is 15.6. The molecule has 25 heavy (non-hydrogen) atoms. The number of likely N-dealkylation sites (N-methyl/N-ethyl adjacent to an activating group) is 1. The van der Waals surface area contributed by atoms with Gasteiger partial charge in [0.15, 0.2) is 0 Å². The van der Waals surface area contributed by atoms with Gasteiger partial charge in [0, 0.05) is 44.0 Å².